The maximum absolute atomic E-state index is 12.4. The molecule has 1 N–H and O–H groups in total. The van der Waals surface area contributed by atoms with Crippen molar-refractivity contribution in [3.63, 3.8) is 0 Å². The lowest BCUT2D eigenvalue weighted by Gasteiger charge is -2.13. The monoisotopic (exact) mass is 390 g/mol. The molecule has 2 heterocycles. The topological polar surface area (TPSA) is 90.1 Å². The lowest BCUT2D eigenvalue weighted by molar-refractivity contribution is -0.115. The van der Waals surface area contributed by atoms with E-state index >= 15 is 0 Å². The number of hydrogen-bond acceptors (Lipinski definition) is 7. The lowest BCUT2D eigenvalue weighted by atomic mass is 10.3. The van der Waals surface area contributed by atoms with Crippen molar-refractivity contribution in [3.8, 4) is 17.2 Å². The quantitative estimate of drug-likeness (QED) is 0.638. The van der Waals surface area contributed by atoms with E-state index in [1.54, 1.807) is 49.6 Å². The van der Waals surface area contributed by atoms with Crippen LogP contribution in [0.4, 0.5) is 5.69 Å². The normalized spacial score (nSPS) is 11.8. The summed E-state index contributed by atoms with van der Waals surface area (Å²) in [5.41, 5.74) is 1.26. The highest BCUT2D eigenvalue weighted by molar-refractivity contribution is 8.00. The number of rotatable bonds is 6. The van der Waals surface area contributed by atoms with Gasteiger partial charge in [-0.3, -0.25) is 9.78 Å². The summed E-state index contributed by atoms with van der Waals surface area (Å²) < 4.78 is 10.8. The van der Waals surface area contributed by atoms with Gasteiger partial charge in [0, 0.05) is 23.0 Å². The Morgan fingerprint density at radius 1 is 1.27 bits per heavy atom. The van der Waals surface area contributed by atoms with Crippen molar-refractivity contribution in [1.82, 2.24) is 15.2 Å². The molecule has 0 aliphatic heterocycles. The van der Waals surface area contributed by atoms with E-state index in [1.165, 1.54) is 7.11 Å². The van der Waals surface area contributed by atoms with E-state index in [0.29, 0.717) is 27.6 Å². The van der Waals surface area contributed by atoms with E-state index < -0.39 is 5.25 Å². The number of nitrogens with one attached hydrogen (secondary N) is 1. The van der Waals surface area contributed by atoms with Crippen molar-refractivity contribution in [2.45, 2.75) is 17.4 Å². The first-order valence-electron chi connectivity index (χ1n) is 7.62. The molecule has 0 saturated heterocycles. The standard InChI is InChI=1S/C17H15ClN4O3S/c1-10(15(23)20-13-9-12(18)3-4-14(13)24-2)26-17-22-21-16(25-17)11-5-7-19-8-6-11/h3-10H,1-2H3,(H,20,23)/t10-/m0/s1. The number of carbonyl (C=O) groups excluding carboxylic acids is 1. The van der Waals surface area contributed by atoms with Gasteiger partial charge in [-0.25, -0.2) is 0 Å². The number of ether oxygens (including phenoxy) is 1. The van der Waals surface area contributed by atoms with Gasteiger partial charge in [0.15, 0.2) is 0 Å². The molecule has 134 valence electrons. The molecule has 26 heavy (non-hydrogen) atoms. The van der Waals surface area contributed by atoms with Gasteiger partial charge in [-0.2, -0.15) is 0 Å². The summed E-state index contributed by atoms with van der Waals surface area (Å²) in [6.45, 7) is 1.74. The number of aromatic nitrogens is 3. The molecular weight excluding hydrogens is 376 g/mol. The van der Waals surface area contributed by atoms with Gasteiger partial charge in [0.1, 0.15) is 5.75 Å². The Bertz CT molecular complexity index is 904. The number of nitrogens with zero attached hydrogens (tertiary/aromatic N) is 3. The number of carbonyl (C=O) groups is 1. The SMILES string of the molecule is COc1ccc(Cl)cc1NC(=O)[C@H](C)Sc1nnc(-c2ccncc2)o1. The smallest absolute Gasteiger partial charge is 0.277 e. The molecule has 0 aliphatic carbocycles. The summed E-state index contributed by atoms with van der Waals surface area (Å²) in [5, 5.41) is 11.1. The van der Waals surface area contributed by atoms with Crippen LogP contribution in [0.15, 0.2) is 52.4 Å². The third kappa shape index (κ3) is 4.33. The minimum atomic E-state index is -0.468. The highest BCUT2D eigenvalue weighted by Gasteiger charge is 2.20. The Kier molecular flexibility index (Phi) is 5.75. The molecule has 1 amide bonds. The van der Waals surface area contributed by atoms with Crippen LogP contribution in [0.3, 0.4) is 0 Å². The van der Waals surface area contributed by atoms with E-state index in [1.807, 2.05) is 0 Å². The van der Waals surface area contributed by atoms with Gasteiger partial charge in [0.2, 0.25) is 11.8 Å². The summed E-state index contributed by atoms with van der Waals surface area (Å²) in [4.78, 5) is 16.4. The summed E-state index contributed by atoms with van der Waals surface area (Å²) in [7, 11) is 1.52. The predicted molar refractivity (Wildman–Crippen MR) is 99.5 cm³/mol. The molecule has 2 aromatic heterocycles. The second-order valence-electron chi connectivity index (χ2n) is 5.20. The molecule has 0 radical (unpaired) electrons. The van der Waals surface area contributed by atoms with Crippen LogP contribution in [-0.4, -0.2) is 33.4 Å². The average molecular weight is 391 g/mol. The second-order valence-corrected chi connectivity index (χ2v) is 6.93. The van der Waals surface area contributed by atoms with Crippen molar-refractivity contribution < 1.29 is 13.9 Å². The maximum atomic E-state index is 12.4. The zero-order chi connectivity index (χ0) is 18.5. The Balaban J connectivity index is 1.67. The molecule has 0 saturated carbocycles. The zero-order valence-corrected chi connectivity index (χ0v) is 15.5. The second kappa shape index (κ2) is 8.20. The van der Waals surface area contributed by atoms with Crippen molar-refractivity contribution in [1.29, 1.82) is 0 Å². The number of benzene rings is 1. The van der Waals surface area contributed by atoms with Crippen LogP contribution < -0.4 is 10.1 Å². The van der Waals surface area contributed by atoms with Crippen LogP contribution in [0.5, 0.6) is 5.75 Å². The van der Waals surface area contributed by atoms with Crippen LogP contribution in [0.1, 0.15) is 6.92 Å². The molecule has 7 nitrogen and oxygen atoms in total. The van der Waals surface area contributed by atoms with Gasteiger partial charge in [-0.05, 0) is 37.3 Å². The average Bonchev–Trinajstić information content (AvgIpc) is 3.11. The third-order valence-corrected chi connectivity index (χ3v) is 4.57. The number of methoxy groups -OCH3 is 1. The van der Waals surface area contributed by atoms with Crippen molar-refractivity contribution >= 4 is 35.0 Å². The van der Waals surface area contributed by atoms with Gasteiger partial charge in [0.25, 0.3) is 5.22 Å². The maximum Gasteiger partial charge on any atom is 0.277 e. The highest BCUT2D eigenvalue weighted by Crippen LogP contribution is 2.30. The van der Waals surface area contributed by atoms with E-state index in [0.717, 1.165) is 17.3 Å². The molecule has 0 spiro atoms. The van der Waals surface area contributed by atoms with Crippen LogP contribution in [-0.2, 0) is 4.79 Å². The molecule has 0 aliphatic rings. The molecule has 0 unspecified atom stereocenters. The van der Waals surface area contributed by atoms with Gasteiger partial charge in [-0.15, -0.1) is 10.2 Å². The van der Waals surface area contributed by atoms with Crippen LogP contribution in [0.2, 0.25) is 5.02 Å². The van der Waals surface area contributed by atoms with Crippen molar-refractivity contribution in [2.75, 3.05) is 12.4 Å². The van der Waals surface area contributed by atoms with E-state index in [9.17, 15) is 4.79 Å². The summed E-state index contributed by atoms with van der Waals surface area (Å²) in [5.74, 6) is 0.663. The van der Waals surface area contributed by atoms with E-state index in [4.69, 9.17) is 20.8 Å². The van der Waals surface area contributed by atoms with Crippen LogP contribution >= 0.6 is 23.4 Å². The highest BCUT2D eigenvalue weighted by atomic mass is 35.5. The van der Waals surface area contributed by atoms with E-state index in [-0.39, 0.29) is 5.91 Å². The lowest BCUT2D eigenvalue weighted by Crippen LogP contribution is -2.22. The molecule has 0 fully saturated rings. The molecule has 3 rings (SSSR count). The minimum Gasteiger partial charge on any atom is -0.495 e. The summed E-state index contributed by atoms with van der Waals surface area (Å²) >= 11 is 7.14. The number of thioether (sulfide) groups is 1. The minimum absolute atomic E-state index is 0.237. The Morgan fingerprint density at radius 3 is 2.77 bits per heavy atom. The predicted octanol–water partition coefficient (Wildman–Crippen LogP) is 3.91. The molecular formula is C17H15ClN4O3S. The van der Waals surface area contributed by atoms with Gasteiger partial charge < -0.3 is 14.5 Å². The van der Waals surface area contributed by atoms with Crippen molar-refractivity contribution in [2.24, 2.45) is 0 Å². The van der Waals surface area contributed by atoms with Gasteiger partial charge >= 0.3 is 0 Å². The van der Waals surface area contributed by atoms with Crippen LogP contribution in [0, 0.1) is 0 Å². The molecule has 0 bridgehead atoms. The van der Waals surface area contributed by atoms with Gasteiger partial charge in [0.05, 0.1) is 18.0 Å². The van der Waals surface area contributed by atoms with Gasteiger partial charge in [-0.1, -0.05) is 23.4 Å². The Morgan fingerprint density at radius 2 is 2.04 bits per heavy atom. The zero-order valence-electron chi connectivity index (χ0n) is 14.0. The molecule has 3 aromatic rings. The largest absolute Gasteiger partial charge is 0.495 e. The molecule has 1 atom stereocenters. The fourth-order valence-electron chi connectivity index (χ4n) is 2.09. The fraction of sp³-hybridized carbons (Fsp3) is 0.176. The van der Waals surface area contributed by atoms with Crippen LogP contribution in [0.25, 0.3) is 11.5 Å². The first-order chi connectivity index (χ1) is 12.6. The number of anilines is 1. The molecule has 1 aromatic carbocycles. The third-order valence-electron chi connectivity index (χ3n) is 3.40. The first kappa shape index (κ1) is 18.2. The Hall–Kier alpha value is -2.58. The number of pyridine rings is 1. The summed E-state index contributed by atoms with van der Waals surface area (Å²) in [6.07, 6.45) is 3.28. The first-order valence-corrected chi connectivity index (χ1v) is 8.87. The van der Waals surface area contributed by atoms with Crippen molar-refractivity contribution in [3.05, 3.63) is 47.7 Å². The fourth-order valence-corrected chi connectivity index (χ4v) is 2.94. The number of hydrogen-bond donors (Lipinski definition) is 1. The number of halogens is 1. The number of amides is 1. The van der Waals surface area contributed by atoms with E-state index in [2.05, 4.69) is 20.5 Å². The Labute approximate surface area is 159 Å². The molecule has 9 heteroatoms. The summed E-state index contributed by atoms with van der Waals surface area (Å²) in [6, 6.07) is 8.54.